The molecular formula is C17H20N4O3S. The summed E-state index contributed by atoms with van der Waals surface area (Å²) < 4.78 is 22.9. The van der Waals surface area contributed by atoms with E-state index in [2.05, 4.69) is 26.7 Å². The number of rotatable bonds is 5. The smallest absolute Gasteiger partial charge is 0.270 e. The molecule has 1 atom stereocenters. The van der Waals surface area contributed by atoms with Crippen molar-refractivity contribution in [2.75, 3.05) is 16.8 Å². The summed E-state index contributed by atoms with van der Waals surface area (Å²) in [5.41, 5.74) is 2.47. The molecule has 0 saturated carbocycles. The molecule has 1 aromatic carbocycles. The summed E-state index contributed by atoms with van der Waals surface area (Å²) in [7, 11) is -3.03. The number of nitrogens with zero attached hydrogens (tertiary/aromatic N) is 2. The Morgan fingerprint density at radius 1 is 1.32 bits per heavy atom. The van der Waals surface area contributed by atoms with E-state index in [4.69, 9.17) is 0 Å². The largest absolute Gasteiger partial charge is 0.350 e. The fourth-order valence-electron chi connectivity index (χ4n) is 2.74. The number of benzene rings is 1. The van der Waals surface area contributed by atoms with E-state index in [-0.39, 0.29) is 29.1 Å². The van der Waals surface area contributed by atoms with Crippen LogP contribution >= 0.6 is 0 Å². The molecule has 8 heteroatoms. The van der Waals surface area contributed by atoms with Crippen molar-refractivity contribution in [1.29, 1.82) is 0 Å². The van der Waals surface area contributed by atoms with Crippen molar-refractivity contribution in [2.45, 2.75) is 25.9 Å². The fourth-order valence-corrected chi connectivity index (χ4v) is 4.42. The molecule has 2 aromatic rings. The van der Waals surface area contributed by atoms with Crippen LogP contribution in [0.3, 0.4) is 0 Å². The lowest BCUT2D eigenvalue weighted by atomic mass is 10.1. The Morgan fingerprint density at radius 2 is 2.16 bits per heavy atom. The molecule has 0 spiro atoms. The number of amides is 1. The molecule has 2 heterocycles. The molecule has 3 rings (SSSR count). The summed E-state index contributed by atoms with van der Waals surface area (Å²) in [6, 6.07) is 9.22. The Labute approximate surface area is 146 Å². The van der Waals surface area contributed by atoms with Gasteiger partial charge in [-0.25, -0.2) is 18.4 Å². The third-order valence-electron chi connectivity index (χ3n) is 3.99. The maximum Gasteiger partial charge on any atom is 0.270 e. The number of carbonyl (C=O) groups excluding carboxylic acids is 1. The molecule has 1 aromatic heterocycles. The summed E-state index contributed by atoms with van der Waals surface area (Å²) in [4.78, 5) is 20.6. The molecule has 132 valence electrons. The zero-order valence-electron chi connectivity index (χ0n) is 13.9. The summed E-state index contributed by atoms with van der Waals surface area (Å²) in [5, 5.41) is 5.82. The van der Waals surface area contributed by atoms with Crippen molar-refractivity contribution in [3.63, 3.8) is 0 Å². The van der Waals surface area contributed by atoms with E-state index in [9.17, 15) is 13.2 Å². The van der Waals surface area contributed by atoms with Gasteiger partial charge in [-0.1, -0.05) is 29.8 Å². The second-order valence-corrected chi connectivity index (χ2v) is 8.41. The van der Waals surface area contributed by atoms with Crippen molar-refractivity contribution < 1.29 is 13.2 Å². The summed E-state index contributed by atoms with van der Waals surface area (Å²) >= 11 is 0. The molecule has 1 saturated heterocycles. The number of sulfone groups is 1. The van der Waals surface area contributed by atoms with Gasteiger partial charge in [-0.3, -0.25) is 4.79 Å². The van der Waals surface area contributed by atoms with E-state index in [0.717, 1.165) is 5.56 Å². The van der Waals surface area contributed by atoms with Gasteiger partial charge in [0.1, 0.15) is 5.69 Å². The number of hydrogen-bond donors (Lipinski definition) is 2. The summed E-state index contributed by atoms with van der Waals surface area (Å²) in [6.07, 6.45) is 1.95. The zero-order chi connectivity index (χ0) is 17.9. The van der Waals surface area contributed by atoms with Crippen molar-refractivity contribution >= 4 is 21.7 Å². The second kappa shape index (κ2) is 7.18. The van der Waals surface area contributed by atoms with E-state index < -0.39 is 9.84 Å². The average molecular weight is 360 g/mol. The van der Waals surface area contributed by atoms with Crippen LogP contribution in [0.5, 0.6) is 0 Å². The monoisotopic (exact) mass is 360 g/mol. The van der Waals surface area contributed by atoms with Gasteiger partial charge in [-0.2, -0.15) is 0 Å². The molecule has 2 N–H and O–H groups in total. The van der Waals surface area contributed by atoms with Crippen LogP contribution in [0, 0.1) is 6.92 Å². The van der Waals surface area contributed by atoms with Crippen molar-refractivity contribution in [2.24, 2.45) is 0 Å². The molecule has 1 unspecified atom stereocenters. The molecule has 1 aliphatic heterocycles. The lowest BCUT2D eigenvalue weighted by Crippen LogP contribution is -2.36. The minimum Gasteiger partial charge on any atom is -0.350 e. The SMILES string of the molecule is Cc1cccc(CNc2nccc(C(=O)NC3CCS(=O)(=O)C3)n2)c1. The van der Waals surface area contributed by atoms with Crippen LogP contribution in [0.25, 0.3) is 0 Å². The third kappa shape index (κ3) is 4.76. The van der Waals surface area contributed by atoms with Crippen LogP contribution in [0.4, 0.5) is 5.95 Å². The average Bonchev–Trinajstić information content (AvgIpc) is 2.92. The number of hydrogen-bond acceptors (Lipinski definition) is 6. The van der Waals surface area contributed by atoms with Crippen LogP contribution in [0.1, 0.15) is 28.0 Å². The van der Waals surface area contributed by atoms with Crippen molar-refractivity contribution in [3.8, 4) is 0 Å². The van der Waals surface area contributed by atoms with Crippen LogP contribution in [-0.2, 0) is 16.4 Å². The lowest BCUT2D eigenvalue weighted by molar-refractivity contribution is 0.0936. The molecule has 0 radical (unpaired) electrons. The maximum absolute atomic E-state index is 12.3. The highest BCUT2D eigenvalue weighted by molar-refractivity contribution is 7.91. The highest BCUT2D eigenvalue weighted by atomic mass is 32.2. The molecule has 25 heavy (non-hydrogen) atoms. The molecule has 0 aliphatic carbocycles. The number of nitrogens with one attached hydrogen (secondary N) is 2. The van der Waals surface area contributed by atoms with Crippen LogP contribution in [0.2, 0.25) is 0 Å². The predicted molar refractivity (Wildman–Crippen MR) is 95.1 cm³/mol. The topological polar surface area (TPSA) is 101 Å². The third-order valence-corrected chi connectivity index (χ3v) is 5.76. The first-order valence-electron chi connectivity index (χ1n) is 8.05. The molecule has 0 bridgehead atoms. The van der Waals surface area contributed by atoms with E-state index in [1.54, 1.807) is 0 Å². The van der Waals surface area contributed by atoms with Gasteiger partial charge in [0, 0.05) is 18.8 Å². The molecule has 1 amide bonds. The van der Waals surface area contributed by atoms with Gasteiger partial charge in [-0.05, 0) is 25.0 Å². The van der Waals surface area contributed by atoms with Crippen LogP contribution in [-0.4, -0.2) is 41.8 Å². The molecule has 1 aliphatic rings. The Morgan fingerprint density at radius 3 is 2.88 bits per heavy atom. The molecule has 1 fully saturated rings. The van der Waals surface area contributed by atoms with E-state index in [0.29, 0.717) is 18.9 Å². The van der Waals surface area contributed by atoms with E-state index in [1.807, 2.05) is 25.1 Å². The van der Waals surface area contributed by atoms with Gasteiger partial charge < -0.3 is 10.6 Å². The highest BCUT2D eigenvalue weighted by Crippen LogP contribution is 2.12. The Bertz CT molecular complexity index is 883. The standard InChI is InChI=1S/C17H20N4O3S/c1-12-3-2-4-13(9-12)10-19-17-18-7-5-15(21-17)16(22)20-14-6-8-25(23,24)11-14/h2-5,7,9,14H,6,8,10-11H2,1H3,(H,20,22)(H,18,19,21). The zero-order valence-corrected chi connectivity index (χ0v) is 14.7. The summed E-state index contributed by atoms with van der Waals surface area (Å²) in [5.74, 6) is 0.0733. The number of aryl methyl sites for hydroxylation is 1. The Balaban J connectivity index is 1.62. The highest BCUT2D eigenvalue weighted by Gasteiger charge is 2.29. The maximum atomic E-state index is 12.3. The molecular weight excluding hydrogens is 340 g/mol. The number of anilines is 1. The van der Waals surface area contributed by atoms with Gasteiger partial charge >= 0.3 is 0 Å². The Kier molecular flexibility index (Phi) is 4.98. The van der Waals surface area contributed by atoms with Gasteiger partial charge in [-0.15, -0.1) is 0 Å². The summed E-state index contributed by atoms with van der Waals surface area (Å²) in [6.45, 7) is 2.57. The van der Waals surface area contributed by atoms with Gasteiger partial charge in [0.05, 0.1) is 11.5 Å². The Hall–Kier alpha value is -2.48. The predicted octanol–water partition coefficient (Wildman–Crippen LogP) is 1.31. The van der Waals surface area contributed by atoms with Crippen LogP contribution in [0.15, 0.2) is 36.5 Å². The second-order valence-electron chi connectivity index (χ2n) is 6.18. The normalized spacial score (nSPS) is 18.7. The van der Waals surface area contributed by atoms with Gasteiger partial charge in [0.25, 0.3) is 5.91 Å². The first-order chi connectivity index (χ1) is 11.9. The lowest BCUT2D eigenvalue weighted by Gasteiger charge is -2.11. The van der Waals surface area contributed by atoms with Gasteiger partial charge in [0.15, 0.2) is 9.84 Å². The van der Waals surface area contributed by atoms with Crippen molar-refractivity contribution in [1.82, 2.24) is 15.3 Å². The number of aromatic nitrogens is 2. The quantitative estimate of drug-likeness (QED) is 0.834. The first kappa shape index (κ1) is 17.3. The van der Waals surface area contributed by atoms with E-state index in [1.165, 1.54) is 17.8 Å². The van der Waals surface area contributed by atoms with Crippen LogP contribution < -0.4 is 10.6 Å². The minimum atomic E-state index is -3.03. The number of carbonyl (C=O) groups is 1. The first-order valence-corrected chi connectivity index (χ1v) is 9.87. The van der Waals surface area contributed by atoms with Crippen molar-refractivity contribution in [3.05, 3.63) is 53.3 Å². The molecule has 7 nitrogen and oxygen atoms in total. The van der Waals surface area contributed by atoms with Gasteiger partial charge in [0.2, 0.25) is 5.95 Å². The van der Waals surface area contributed by atoms with E-state index >= 15 is 0 Å². The fraction of sp³-hybridized carbons (Fsp3) is 0.353. The minimum absolute atomic E-state index is 0.0116.